The third-order valence-electron chi connectivity index (χ3n) is 3.54. The summed E-state index contributed by atoms with van der Waals surface area (Å²) in [7, 11) is 4.87. The Hall–Kier alpha value is -1.38. The molecule has 23 heavy (non-hydrogen) atoms. The summed E-state index contributed by atoms with van der Waals surface area (Å²) in [6, 6.07) is 3.69. The highest BCUT2D eigenvalue weighted by Gasteiger charge is 2.13. The Morgan fingerprint density at radius 1 is 1.04 bits per heavy atom. The molecule has 1 aromatic rings. The Bertz CT molecular complexity index is 480. The van der Waals surface area contributed by atoms with Gasteiger partial charge in [0.2, 0.25) is 0 Å². The number of hydrogen-bond donors (Lipinski definition) is 1. The molecule has 0 fully saturated rings. The number of guanidine groups is 1. The summed E-state index contributed by atoms with van der Waals surface area (Å²) in [5.41, 5.74) is 6.94. The first-order valence-electron chi connectivity index (χ1n) is 7.44. The Kier molecular flexibility index (Phi) is 10.5. The van der Waals surface area contributed by atoms with Gasteiger partial charge in [-0.25, -0.2) is 0 Å². The lowest BCUT2D eigenvalue weighted by molar-refractivity contribution is 0.369. The van der Waals surface area contributed by atoms with Crippen LogP contribution in [-0.2, 0) is 6.42 Å². The molecule has 0 aliphatic heterocycles. The fourth-order valence-corrected chi connectivity index (χ4v) is 2.25. The maximum Gasteiger partial charge on any atom is 0.191 e. The third-order valence-corrected chi connectivity index (χ3v) is 3.54. The quantitative estimate of drug-likeness (QED) is 0.385. The highest BCUT2D eigenvalue weighted by molar-refractivity contribution is 14.0. The van der Waals surface area contributed by atoms with Crippen LogP contribution in [-0.4, -0.2) is 51.8 Å². The standard InChI is InChI=1S/C16H27N3O3.HI/c1-6-19(7-2)16(17)18-9-8-13-14(21-4)10-12(20-3)11-15(13)22-5;/h10-11H,6-9H2,1-5H3,(H2,17,18);1H. The van der Waals surface area contributed by atoms with Crippen LogP contribution in [0.5, 0.6) is 17.2 Å². The minimum absolute atomic E-state index is 0. The number of nitrogens with zero attached hydrogens (tertiary/aromatic N) is 2. The predicted octanol–water partition coefficient (Wildman–Crippen LogP) is 2.53. The molecule has 0 radical (unpaired) electrons. The molecule has 0 bridgehead atoms. The van der Waals surface area contributed by atoms with Gasteiger partial charge in [-0.2, -0.15) is 0 Å². The van der Waals surface area contributed by atoms with Crippen molar-refractivity contribution in [1.29, 1.82) is 0 Å². The number of nitrogens with two attached hydrogens (primary N) is 1. The number of ether oxygens (including phenoxy) is 3. The van der Waals surface area contributed by atoms with Gasteiger partial charge in [-0.3, -0.25) is 4.99 Å². The molecule has 2 N–H and O–H groups in total. The molecule has 0 aliphatic carbocycles. The molecule has 0 heterocycles. The zero-order valence-electron chi connectivity index (χ0n) is 14.6. The maximum atomic E-state index is 5.98. The second-order valence-electron chi connectivity index (χ2n) is 4.67. The van der Waals surface area contributed by atoms with E-state index in [0.29, 0.717) is 24.7 Å². The maximum absolute atomic E-state index is 5.98. The summed E-state index contributed by atoms with van der Waals surface area (Å²) in [6.07, 6.45) is 0.679. The fraction of sp³-hybridized carbons (Fsp3) is 0.562. The first-order valence-corrected chi connectivity index (χ1v) is 7.44. The minimum Gasteiger partial charge on any atom is -0.496 e. The van der Waals surface area contributed by atoms with Gasteiger partial charge in [0.25, 0.3) is 0 Å². The summed E-state index contributed by atoms with van der Waals surface area (Å²) in [5.74, 6) is 2.72. The van der Waals surface area contributed by atoms with Crippen molar-refractivity contribution in [3.63, 3.8) is 0 Å². The molecule has 132 valence electrons. The van der Waals surface area contributed by atoms with Crippen LogP contribution in [0.1, 0.15) is 19.4 Å². The summed E-state index contributed by atoms with van der Waals surface area (Å²) < 4.78 is 16.1. The topological polar surface area (TPSA) is 69.3 Å². The molecule has 1 aromatic carbocycles. The zero-order chi connectivity index (χ0) is 16.5. The summed E-state index contributed by atoms with van der Waals surface area (Å²) in [4.78, 5) is 6.45. The minimum atomic E-state index is 0. The van der Waals surface area contributed by atoms with E-state index in [4.69, 9.17) is 19.9 Å². The fourth-order valence-electron chi connectivity index (χ4n) is 2.25. The van der Waals surface area contributed by atoms with Crippen molar-refractivity contribution in [2.75, 3.05) is 41.0 Å². The van der Waals surface area contributed by atoms with Gasteiger partial charge in [-0.05, 0) is 20.3 Å². The lowest BCUT2D eigenvalue weighted by atomic mass is 10.1. The van der Waals surface area contributed by atoms with Crippen molar-refractivity contribution in [3.8, 4) is 17.2 Å². The number of rotatable bonds is 8. The normalized spacial score (nSPS) is 10.7. The van der Waals surface area contributed by atoms with Gasteiger partial charge in [0.15, 0.2) is 5.96 Å². The van der Waals surface area contributed by atoms with Crippen LogP contribution >= 0.6 is 24.0 Å². The number of hydrogen-bond acceptors (Lipinski definition) is 4. The highest BCUT2D eigenvalue weighted by atomic mass is 127. The summed E-state index contributed by atoms with van der Waals surface area (Å²) in [5, 5.41) is 0. The van der Waals surface area contributed by atoms with Gasteiger partial charge < -0.3 is 24.8 Å². The number of methoxy groups -OCH3 is 3. The number of halogens is 1. The average molecular weight is 437 g/mol. The molecule has 0 aromatic heterocycles. The van der Waals surface area contributed by atoms with Crippen LogP contribution < -0.4 is 19.9 Å². The van der Waals surface area contributed by atoms with Crippen LogP contribution in [0.3, 0.4) is 0 Å². The van der Waals surface area contributed by atoms with Crippen LogP contribution in [0.4, 0.5) is 0 Å². The van der Waals surface area contributed by atoms with E-state index >= 15 is 0 Å². The first kappa shape index (κ1) is 21.6. The van der Waals surface area contributed by atoms with Crippen LogP contribution in [0.2, 0.25) is 0 Å². The van der Waals surface area contributed by atoms with Crippen molar-refractivity contribution in [2.24, 2.45) is 10.7 Å². The Balaban J connectivity index is 0.00000484. The van der Waals surface area contributed by atoms with E-state index in [1.165, 1.54) is 0 Å². The van der Waals surface area contributed by atoms with Gasteiger partial charge in [0.1, 0.15) is 17.2 Å². The predicted molar refractivity (Wildman–Crippen MR) is 105 cm³/mol. The van der Waals surface area contributed by atoms with E-state index in [1.807, 2.05) is 17.0 Å². The Morgan fingerprint density at radius 3 is 1.96 bits per heavy atom. The lowest BCUT2D eigenvalue weighted by Gasteiger charge is -2.19. The van der Waals surface area contributed by atoms with E-state index in [-0.39, 0.29) is 24.0 Å². The van der Waals surface area contributed by atoms with Crippen molar-refractivity contribution in [3.05, 3.63) is 17.7 Å². The second kappa shape index (κ2) is 11.2. The van der Waals surface area contributed by atoms with Crippen molar-refractivity contribution >= 4 is 29.9 Å². The molecule has 0 spiro atoms. The molecule has 0 saturated heterocycles. The van der Waals surface area contributed by atoms with Gasteiger partial charge in [0.05, 0.1) is 21.3 Å². The van der Waals surface area contributed by atoms with E-state index in [0.717, 1.165) is 30.2 Å². The SMILES string of the molecule is CCN(CC)C(N)=NCCc1c(OC)cc(OC)cc1OC.I. The van der Waals surface area contributed by atoms with Crippen molar-refractivity contribution in [2.45, 2.75) is 20.3 Å². The monoisotopic (exact) mass is 437 g/mol. The second-order valence-corrected chi connectivity index (χ2v) is 4.67. The van der Waals surface area contributed by atoms with Gasteiger partial charge >= 0.3 is 0 Å². The Morgan fingerprint density at radius 2 is 1.57 bits per heavy atom. The van der Waals surface area contributed by atoms with E-state index < -0.39 is 0 Å². The summed E-state index contributed by atoms with van der Waals surface area (Å²) in [6.45, 7) is 6.38. The van der Waals surface area contributed by atoms with Gasteiger partial charge in [0, 0.05) is 37.3 Å². The molecule has 1 rings (SSSR count). The highest BCUT2D eigenvalue weighted by Crippen LogP contribution is 2.34. The molecule has 6 nitrogen and oxygen atoms in total. The molecular formula is C16H28IN3O3. The molecule has 0 aliphatic rings. The number of benzene rings is 1. The van der Waals surface area contributed by atoms with E-state index in [2.05, 4.69) is 18.8 Å². The average Bonchev–Trinajstić information content (AvgIpc) is 2.55. The molecular weight excluding hydrogens is 409 g/mol. The van der Waals surface area contributed by atoms with Crippen LogP contribution in [0.15, 0.2) is 17.1 Å². The van der Waals surface area contributed by atoms with Gasteiger partial charge in [-0.1, -0.05) is 0 Å². The van der Waals surface area contributed by atoms with Crippen molar-refractivity contribution in [1.82, 2.24) is 4.90 Å². The van der Waals surface area contributed by atoms with E-state index in [9.17, 15) is 0 Å². The third kappa shape index (κ3) is 5.96. The molecule has 0 saturated carbocycles. The Labute approximate surface area is 156 Å². The van der Waals surface area contributed by atoms with Crippen LogP contribution in [0.25, 0.3) is 0 Å². The molecule has 0 amide bonds. The van der Waals surface area contributed by atoms with Crippen LogP contribution in [0, 0.1) is 0 Å². The van der Waals surface area contributed by atoms with E-state index in [1.54, 1.807) is 21.3 Å². The molecule has 7 heteroatoms. The zero-order valence-corrected chi connectivity index (χ0v) is 16.9. The first-order chi connectivity index (χ1) is 10.6. The molecule has 0 atom stereocenters. The smallest absolute Gasteiger partial charge is 0.191 e. The largest absolute Gasteiger partial charge is 0.496 e. The molecule has 0 unspecified atom stereocenters. The lowest BCUT2D eigenvalue weighted by Crippen LogP contribution is -2.37. The van der Waals surface area contributed by atoms with Gasteiger partial charge in [-0.15, -0.1) is 24.0 Å². The summed E-state index contributed by atoms with van der Waals surface area (Å²) >= 11 is 0. The van der Waals surface area contributed by atoms with Crippen molar-refractivity contribution < 1.29 is 14.2 Å². The number of aliphatic imine (C=N–C) groups is 1.